The number of aromatic nitrogens is 1. The molecule has 0 bridgehead atoms. The maximum atomic E-state index is 13.9. The molecule has 0 spiro atoms. The van der Waals surface area contributed by atoms with Gasteiger partial charge in [-0.15, -0.1) is 0 Å². The van der Waals surface area contributed by atoms with E-state index >= 15 is 0 Å². The van der Waals surface area contributed by atoms with E-state index in [1.165, 1.54) is 11.8 Å². The lowest BCUT2D eigenvalue weighted by Crippen LogP contribution is -2.64. The SMILES string of the molecule is CC(=O)Nc1ccc(N2C(=O)c3ccc(-c4ccco4)n3C[C@]2(C)C(=O)NCc2ccccc2)cc1. The molecular weight excluding hydrogens is 456 g/mol. The summed E-state index contributed by atoms with van der Waals surface area (Å²) >= 11 is 0. The Kier molecular flexibility index (Phi) is 5.93. The van der Waals surface area contributed by atoms with Crippen LogP contribution < -0.4 is 15.5 Å². The van der Waals surface area contributed by atoms with Gasteiger partial charge in [-0.25, -0.2) is 0 Å². The highest BCUT2D eigenvalue weighted by Crippen LogP contribution is 2.37. The second-order valence-corrected chi connectivity index (χ2v) is 8.98. The molecule has 2 aromatic heterocycles. The summed E-state index contributed by atoms with van der Waals surface area (Å²) in [5.74, 6) is -0.154. The van der Waals surface area contributed by atoms with E-state index in [9.17, 15) is 14.4 Å². The summed E-state index contributed by atoms with van der Waals surface area (Å²) in [7, 11) is 0. The van der Waals surface area contributed by atoms with Gasteiger partial charge in [-0.1, -0.05) is 30.3 Å². The lowest BCUT2D eigenvalue weighted by molar-refractivity contribution is -0.126. The van der Waals surface area contributed by atoms with E-state index in [0.29, 0.717) is 29.4 Å². The van der Waals surface area contributed by atoms with Crippen molar-refractivity contribution in [1.82, 2.24) is 9.88 Å². The first-order valence-corrected chi connectivity index (χ1v) is 11.6. The van der Waals surface area contributed by atoms with Crippen molar-refractivity contribution in [3.63, 3.8) is 0 Å². The Hall–Kier alpha value is -4.59. The molecule has 3 heterocycles. The minimum atomic E-state index is -1.24. The second-order valence-electron chi connectivity index (χ2n) is 8.98. The topological polar surface area (TPSA) is 96.6 Å². The first-order chi connectivity index (χ1) is 17.4. The van der Waals surface area contributed by atoms with Gasteiger partial charge in [-0.05, 0) is 61.0 Å². The van der Waals surface area contributed by atoms with E-state index in [1.807, 2.05) is 47.0 Å². The van der Waals surface area contributed by atoms with Crippen LogP contribution in [0, 0.1) is 0 Å². The molecule has 8 nitrogen and oxygen atoms in total. The van der Waals surface area contributed by atoms with Crippen LogP contribution in [0.1, 0.15) is 29.9 Å². The Balaban J connectivity index is 1.54. The largest absolute Gasteiger partial charge is 0.463 e. The van der Waals surface area contributed by atoms with E-state index in [0.717, 1.165) is 11.3 Å². The molecule has 1 aliphatic rings. The van der Waals surface area contributed by atoms with Gasteiger partial charge in [0.15, 0.2) is 0 Å². The third kappa shape index (κ3) is 4.17. The minimum absolute atomic E-state index is 0.190. The minimum Gasteiger partial charge on any atom is -0.463 e. The van der Waals surface area contributed by atoms with Crippen molar-refractivity contribution in [3.8, 4) is 11.5 Å². The number of hydrogen-bond donors (Lipinski definition) is 2. The van der Waals surface area contributed by atoms with Gasteiger partial charge in [0.2, 0.25) is 11.8 Å². The molecule has 3 amide bonds. The zero-order chi connectivity index (χ0) is 25.3. The van der Waals surface area contributed by atoms with Crippen molar-refractivity contribution in [2.45, 2.75) is 32.5 Å². The molecule has 2 N–H and O–H groups in total. The standard InChI is InChI=1S/C28H26N4O4/c1-19(33)30-21-10-12-22(13-11-21)32-26(34)24-15-14-23(25-9-6-16-36-25)31(24)18-28(32,2)27(35)29-17-20-7-4-3-5-8-20/h3-16H,17-18H2,1-2H3,(H,29,35)(H,30,33)/t28-/m1/s1. The summed E-state index contributed by atoms with van der Waals surface area (Å²) in [6.45, 7) is 3.76. The third-order valence-electron chi connectivity index (χ3n) is 6.37. The zero-order valence-corrected chi connectivity index (χ0v) is 20.0. The zero-order valence-electron chi connectivity index (χ0n) is 20.0. The molecule has 0 unspecified atom stereocenters. The quantitative estimate of drug-likeness (QED) is 0.425. The molecule has 2 aromatic carbocycles. The normalized spacial score (nSPS) is 16.9. The maximum Gasteiger partial charge on any atom is 0.275 e. The van der Waals surface area contributed by atoms with Crippen LogP contribution in [0.5, 0.6) is 0 Å². The van der Waals surface area contributed by atoms with Gasteiger partial charge in [0.25, 0.3) is 5.91 Å². The fourth-order valence-corrected chi connectivity index (χ4v) is 4.62. The molecule has 8 heteroatoms. The number of hydrogen-bond acceptors (Lipinski definition) is 4. The van der Waals surface area contributed by atoms with Gasteiger partial charge >= 0.3 is 0 Å². The smallest absolute Gasteiger partial charge is 0.275 e. The number of carbonyl (C=O) groups excluding carboxylic acids is 3. The Labute approximate surface area is 208 Å². The molecule has 5 rings (SSSR count). The Morgan fingerprint density at radius 1 is 0.944 bits per heavy atom. The number of amides is 3. The van der Waals surface area contributed by atoms with Gasteiger partial charge in [0, 0.05) is 24.8 Å². The Morgan fingerprint density at radius 3 is 2.33 bits per heavy atom. The van der Waals surface area contributed by atoms with Crippen LogP contribution in [0.25, 0.3) is 11.5 Å². The lowest BCUT2D eigenvalue weighted by Gasteiger charge is -2.44. The molecule has 0 saturated heterocycles. The van der Waals surface area contributed by atoms with Crippen molar-refractivity contribution in [3.05, 3.63) is 96.4 Å². The van der Waals surface area contributed by atoms with E-state index < -0.39 is 5.54 Å². The molecule has 182 valence electrons. The van der Waals surface area contributed by atoms with Crippen LogP contribution in [0.15, 0.2) is 89.5 Å². The number of fused-ring (bicyclic) bond motifs is 1. The summed E-state index contributed by atoms with van der Waals surface area (Å²) in [4.78, 5) is 40.6. The molecule has 0 radical (unpaired) electrons. The molecule has 4 aromatic rings. The lowest BCUT2D eigenvalue weighted by atomic mass is 9.93. The molecule has 1 aliphatic heterocycles. The first kappa shape index (κ1) is 23.2. The van der Waals surface area contributed by atoms with Crippen molar-refractivity contribution in [2.24, 2.45) is 0 Å². The number of anilines is 2. The fourth-order valence-electron chi connectivity index (χ4n) is 4.62. The summed E-state index contributed by atoms with van der Waals surface area (Å²) < 4.78 is 7.43. The van der Waals surface area contributed by atoms with Gasteiger partial charge < -0.3 is 19.6 Å². The molecule has 0 fully saturated rings. The van der Waals surface area contributed by atoms with Crippen LogP contribution in [0.3, 0.4) is 0 Å². The first-order valence-electron chi connectivity index (χ1n) is 11.6. The van der Waals surface area contributed by atoms with E-state index in [2.05, 4.69) is 10.6 Å². The monoisotopic (exact) mass is 482 g/mol. The highest BCUT2D eigenvalue weighted by atomic mass is 16.3. The Morgan fingerprint density at radius 2 is 1.67 bits per heavy atom. The van der Waals surface area contributed by atoms with Gasteiger partial charge in [0.1, 0.15) is 17.0 Å². The number of rotatable bonds is 6. The van der Waals surface area contributed by atoms with Gasteiger partial charge in [0.05, 0.1) is 18.5 Å². The summed E-state index contributed by atoms with van der Waals surface area (Å²) in [6.07, 6.45) is 1.58. The van der Waals surface area contributed by atoms with Crippen molar-refractivity contribution < 1.29 is 18.8 Å². The van der Waals surface area contributed by atoms with Crippen LogP contribution in [-0.2, 0) is 22.7 Å². The summed E-state index contributed by atoms with van der Waals surface area (Å²) in [5, 5.41) is 5.74. The average Bonchev–Trinajstić information content (AvgIpc) is 3.54. The maximum absolute atomic E-state index is 13.9. The predicted molar refractivity (Wildman–Crippen MR) is 136 cm³/mol. The van der Waals surface area contributed by atoms with Crippen LogP contribution in [0.4, 0.5) is 11.4 Å². The van der Waals surface area contributed by atoms with Crippen LogP contribution in [-0.4, -0.2) is 27.8 Å². The van der Waals surface area contributed by atoms with Crippen molar-refractivity contribution in [2.75, 3.05) is 10.2 Å². The van der Waals surface area contributed by atoms with Crippen molar-refractivity contribution >= 4 is 29.1 Å². The van der Waals surface area contributed by atoms with Crippen LogP contribution in [0.2, 0.25) is 0 Å². The number of nitrogens with one attached hydrogen (secondary N) is 2. The number of benzene rings is 2. The van der Waals surface area contributed by atoms with E-state index in [4.69, 9.17) is 4.42 Å². The molecule has 1 atom stereocenters. The second kappa shape index (κ2) is 9.22. The molecule has 0 aliphatic carbocycles. The van der Waals surface area contributed by atoms with Crippen LogP contribution >= 0.6 is 0 Å². The number of furan rings is 1. The third-order valence-corrected chi connectivity index (χ3v) is 6.37. The molecular formula is C28H26N4O4. The van der Waals surface area contributed by atoms with Gasteiger partial charge in [-0.2, -0.15) is 0 Å². The number of carbonyl (C=O) groups is 3. The average molecular weight is 483 g/mol. The number of nitrogens with zero attached hydrogens (tertiary/aromatic N) is 2. The highest BCUT2D eigenvalue weighted by Gasteiger charge is 2.48. The van der Waals surface area contributed by atoms with E-state index in [1.54, 1.807) is 49.6 Å². The highest BCUT2D eigenvalue weighted by molar-refractivity contribution is 6.12. The fraction of sp³-hybridized carbons (Fsp3) is 0.179. The summed E-state index contributed by atoms with van der Waals surface area (Å²) in [5.41, 5.74) is 2.06. The van der Waals surface area contributed by atoms with Gasteiger partial charge in [-0.3, -0.25) is 19.3 Å². The summed E-state index contributed by atoms with van der Waals surface area (Å²) in [6, 6.07) is 23.7. The Bertz CT molecular complexity index is 1410. The van der Waals surface area contributed by atoms with Crippen molar-refractivity contribution in [1.29, 1.82) is 0 Å². The predicted octanol–water partition coefficient (Wildman–Crippen LogP) is 4.44. The van der Waals surface area contributed by atoms with E-state index in [-0.39, 0.29) is 24.3 Å². The molecule has 36 heavy (non-hydrogen) atoms. The molecule has 0 saturated carbocycles.